The quantitative estimate of drug-likeness (QED) is 0.802. The van der Waals surface area contributed by atoms with Crippen molar-refractivity contribution in [3.8, 4) is 11.5 Å². The molecule has 1 unspecified atom stereocenters. The standard InChI is InChI=1S/C15H15ClN4O/c1-9(17-2)8-13-19-15(21-20-13)11-5-6-12(16)10-4-3-7-18-14(10)11/h3-7,9,17H,8H2,1-2H3. The van der Waals surface area contributed by atoms with Crippen molar-refractivity contribution in [2.75, 3.05) is 7.05 Å². The summed E-state index contributed by atoms with van der Waals surface area (Å²) in [7, 11) is 1.91. The largest absolute Gasteiger partial charge is 0.334 e. The zero-order chi connectivity index (χ0) is 14.8. The van der Waals surface area contributed by atoms with E-state index in [9.17, 15) is 0 Å². The third-order valence-electron chi connectivity index (χ3n) is 3.40. The Hall–Kier alpha value is -1.98. The van der Waals surface area contributed by atoms with Gasteiger partial charge in [0.25, 0.3) is 5.89 Å². The van der Waals surface area contributed by atoms with Gasteiger partial charge >= 0.3 is 0 Å². The molecular formula is C15H15ClN4O. The zero-order valence-electron chi connectivity index (χ0n) is 11.8. The minimum absolute atomic E-state index is 0.288. The molecule has 0 amide bonds. The lowest BCUT2D eigenvalue weighted by Crippen LogP contribution is -2.24. The molecule has 0 saturated heterocycles. The van der Waals surface area contributed by atoms with Crippen LogP contribution in [0.5, 0.6) is 0 Å². The maximum absolute atomic E-state index is 6.19. The number of halogens is 1. The first-order valence-electron chi connectivity index (χ1n) is 6.72. The van der Waals surface area contributed by atoms with Crippen molar-refractivity contribution in [1.82, 2.24) is 20.4 Å². The lowest BCUT2D eigenvalue weighted by Gasteiger charge is -2.05. The summed E-state index contributed by atoms with van der Waals surface area (Å²) >= 11 is 6.19. The second kappa shape index (κ2) is 5.79. The molecule has 3 rings (SSSR count). The molecule has 0 bridgehead atoms. The highest BCUT2D eigenvalue weighted by molar-refractivity contribution is 6.35. The molecule has 0 aliphatic heterocycles. The number of hydrogen-bond acceptors (Lipinski definition) is 5. The molecule has 0 spiro atoms. The highest BCUT2D eigenvalue weighted by Crippen LogP contribution is 2.30. The summed E-state index contributed by atoms with van der Waals surface area (Å²) in [5, 5.41) is 8.70. The molecule has 5 nitrogen and oxygen atoms in total. The predicted octanol–water partition coefficient (Wildman–Crippen LogP) is 3.09. The molecular weight excluding hydrogens is 288 g/mol. The fourth-order valence-corrected chi connectivity index (χ4v) is 2.35. The van der Waals surface area contributed by atoms with Gasteiger partial charge < -0.3 is 9.84 Å². The molecule has 0 saturated carbocycles. The van der Waals surface area contributed by atoms with Gasteiger partial charge in [0, 0.05) is 24.0 Å². The van der Waals surface area contributed by atoms with E-state index in [-0.39, 0.29) is 6.04 Å². The number of fused-ring (bicyclic) bond motifs is 1. The molecule has 6 heteroatoms. The van der Waals surface area contributed by atoms with Crippen molar-refractivity contribution in [3.05, 3.63) is 41.3 Å². The lowest BCUT2D eigenvalue weighted by molar-refractivity contribution is 0.418. The molecule has 2 aromatic heterocycles. The van der Waals surface area contributed by atoms with E-state index in [2.05, 4.69) is 27.4 Å². The fourth-order valence-electron chi connectivity index (χ4n) is 2.13. The van der Waals surface area contributed by atoms with Gasteiger partial charge in [0.05, 0.1) is 16.1 Å². The third kappa shape index (κ3) is 2.75. The van der Waals surface area contributed by atoms with E-state index in [0.29, 0.717) is 23.2 Å². The Balaban J connectivity index is 2.03. The first-order chi connectivity index (χ1) is 10.2. The van der Waals surface area contributed by atoms with Gasteiger partial charge in [-0.05, 0) is 38.2 Å². The summed E-state index contributed by atoms with van der Waals surface area (Å²) in [4.78, 5) is 8.83. The van der Waals surface area contributed by atoms with Gasteiger partial charge in [-0.15, -0.1) is 0 Å². The molecule has 3 aromatic rings. The van der Waals surface area contributed by atoms with Crippen molar-refractivity contribution < 1.29 is 4.52 Å². The Morgan fingerprint density at radius 2 is 2.19 bits per heavy atom. The number of hydrogen-bond donors (Lipinski definition) is 1. The molecule has 0 aliphatic carbocycles. The lowest BCUT2D eigenvalue weighted by atomic mass is 10.1. The second-order valence-electron chi connectivity index (χ2n) is 4.90. The predicted molar refractivity (Wildman–Crippen MR) is 82.3 cm³/mol. The number of aromatic nitrogens is 3. The number of rotatable bonds is 4. The minimum atomic E-state index is 0.288. The van der Waals surface area contributed by atoms with Crippen LogP contribution in [0.15, 0.2) is 35.0 Å². The van der Waals surface area contributed by atoms with E-state index in [1.54, 1.807) is 6.20 Å². The monoisotopic (exact) mass is 302 g/mol. The molecule has 108 valence electrons. The summed E-state index contributed by atoms with van der Waals surface area (Å²) < 4.78 is 5.37. The van der Waals surface area contributed by atoms with Crippen LogP contribution in [-0.2, 0) is 6.42 Å². The average Bonchev–Trinajstić information content (AvgIpc) is 2.96. The van der Waals surface area contributed by atoms with Crippen LogP contribution in [0.1, 0.15) is 12.7 Å². The van der Waals surface area contributed by atoms with Crippen molar-refractivity contribution in [3.63, 3.8) is 0 Å². The molecule has 2 heterocycles. The average molecular weight is 303 g/mol. The van der Waals surface area contributed by atoms with Crippen LogP contribution in [0.2, 0.25) is 5.02 Å². The number of nitrogens with zero attached hydrogens (tertiary/aromatic N) is 3. The molecule has 1 atom stereocenters. The van der Waals surface area contributed by atoms with Gasteiger partial charge in [-0.25, -0.2) is 0 Å². The Morgan fingerprint density at radius 3 is 3.00 bits per heavy atom. The van der Waals surface area contributed by atoms with E-state index >= 15 is 0 Å². The Kier molecular flexibility index (Phi) is 3.86. The van der Waals surface area contributed by atoms with Crippen LogP contribution < -0.4 is 5.32 Å². The maximum Gasteiger partial charge on any atom is 0.260 e. The molecule has 0 fully saturated rings. The minimum Gasteiger partial charge on any atom is -0.334 e. The van der Waals surface area contributed by atoms with E-state index in [0.717, 1.165) is 16.5 Å². The molecule has 1 N–H and O–H groups in total. The number of benzene rings is 1. The first kappa shape index (κ1) is 14.0. The molecule has 0 aliphatic rings. The Morgan fingerprint density at radius 1 is 1.33 bits per heavy atom. The number of nitrogens with one attached hydrogen (secondary N) is 1. The SMILES string of the molecule is CNC(C)Cc1noc(-c2ccc(Cl)c3cccnc23)n1. The summed E-state index contributed by atoms with van der Waals surface area (Å²) in [6.07, 6.45) is 2.43. The van der Waals surface area contributed by atoms with Crippen molar-refractivity contribution in [2.45, 2.75) is 19.4 Å². The van der Waals surface area contributed by atoms with Crippen LogP contribution in [0.25, 0.3) is 22.4 Å². The van der Waals surface area contributed by atoms with Gasteiger partial charge in [0.15, 0.2) is 5.82 Å². The number of pyridine rings is 1. The van der Waals surface area contributed by atoms with Crippen LogP contribution >= 0.6 is 11.6 Å². The van der Waals surface area contributed by atoms with Gasteiger partial charge in [-0.1, -0.05) is 16.8 Å². The van der Waals surface area contributed by atoms with Crippen molar-refractivity contribution in [1.29, 1.82) is 0 Å². The zero-order valence-corrected chi connectivity index (χ0v) is 12.6. The van der Waals surface area contributed by atoms with Gasteiger partial charge in [0.1, 0.15) is 0 Å². The van der Waals surface area contributed by atoms with Crippen LogP contribution in [0.3, 0.4) is 0 Å². The smallest absolute Gasteiger partial charge is 0.260 e. The third-order valence-corrected chi connectivity index (χ3v) is 3.73. The number of likely N-dealkylation sites (N-methyl/N-ethyl adjacent to an activating group) is 1. The van der Waals surface area contributed by atoms with Gasteiger partial charge in [0.2, 0.25) is 0 Å². The van der Waals surface area contributed by atoms with E-state index in [1.165, 1.54) is 0 Å². The highest BCUT2D eigenvalue weighted by Gasteiger charge is 2.15. The summed E-state index contributed by atoms with van der Waals surface area (Å²) in [6, 6.07) is 7.74. The van der Waals surface area contributed by atoms with Gasteiger partial charge in [-0.3, -0.25) is 4.98 Å². The summed E-state index contributed by atoms with van der Waals surface area (Å²) in [5.74, 6) is 1.14. The van der Waals surface area contributed by atoms with Crippen LogP contribution in [0, 0.1) is 0 Å². The second-order valence-corrected chi connectivity index (χ2v) is 5.31. The normalized spacial score (nSPS) is 12.7. The highest BCUT2D eigenvalue weighted by atomic mass is 35.5. The maximum atomic E-state index is 6.19. The van der Waals surface area contributed by atoms with Crippen molar-refractivity contribution in [2.24, 2.45) is 0 Å². The Labute approximate surface area is 127 Å². The fraction of sp³-hybridized carbons (Fsp3) is 0.267. The Bertz CT molecular complexity index is 771. The van der Waals surface area contributed by atoms with E-state index in [4.69, 9.17) is 16.1 Å². The first-order valence-corrected chi connectivity index (χ1v) is 7.10. The van der Waals surface area contributed by atoms with Crippen molar-refractivity contribution >= 4 is 22.5 Å². The molecule has 0 radical (unpaired) electrons. The van der Waals surface area contributed by atoms with Gasteiger partial charge in [-0.2, -0.15) is 4.98 Å². The van der Waals surface area contributed by atoms with Crippen LogP contribution in [-0.4, -0.2) is 28.2 Å². The van der Waals surface area contributed by atoms with E-state index in [1.807, 2.05) is 31.3 Å². The summed E-state index contributed by atoms with van der Waals surface area (Å²) in [6.45, 7) is 2.06. The van der Waals surface area contributed by atoms with Crippen LogP contribution in [0.4, 0.5) is 0 Å². The topological polar surface area (TPSA) is 63.8 Å². The van der Waals surface area contributed by atoms with E-state index < -0.39 is 0 Å². The molecule has 21 heavy (non-hydrogen) atoms. The summed E-state index contributed by atoms with van der Waals surface area (Å²) in [5.41, 5.74) is 1.56. The molecule has 1 aromatic carbocycles.